The maximum atomic E-state index is 4.62. The van der Waals surface area contributed by atoms with Gasteiger partial charge in [-0.15, -0.1) is 0 Å². The second-order valence-corrected chi connectivity index (χ2v) is 5.47. The standard InChI is InChI=1S/C11H17NS/c1-8(2)10-6-11(3,9-4-5-9)12-7-13-10/h6-9H,4-5H2,1-3H3. The van der Waals surface area contributed by atoms with Gasteiger partial charge in [-0.05, 0) is 42.6 Å². The van der Waals surface area contributed by atoms with E-state index in [1.54, 1.807) is 11.8 Å². The van der Waals surface area contributed by atoms with Crippen LogP contribution in [0.1, 0.15) is 33.6 Å². The highest BCUT2D eigenvalue weighted by Crippen LogP contribution is 2.46. The third-order valence-electron chi connectivity index (χ3n) is 2.93. The third kappa shape index (κ3) is 1.83. The van der Waals surface area contributed by atoms with Crippen molar-refractivity contribution >= 4 is 17.3 Å². The van der Waals surface area contributed by atoms with Crippen LogP contribution >= 0.6 is 11.8 Å². The summed E-state index contributed by atoms with van der Waals surface area (Å²) in [5, 5.41) is 0. The topological polar surface area (TPSA) is 12.4 Å². The predicted octanol–water partition coefficient (Wildman–Crippen LogP) is 3.47. The number of hydrogen-bond donors (Lipinski definition) is 0. The smallest absolute Gasteiger partial charge is 0.0804 e. The van der Waals surface area contributed by atoms with Crippen molar-refractivity contribution in [3.05, 3.63) is 11.0 Å². The van der Waals surface area contributed by atoms with Crippen LogP contribution in [-0.4, -0.2) is 11.1 Å². The van der Waals surface area contributed by atoms with E-state index in [-0.39, 0.29) is 5.54 Å². The van der Waals surface area contributed by atoms with E-state index in [4.69, 9.17) is 0 Å². The van der Waals surface area contributed by atoms with Crippen LogP contribution in [0.2, 0.25) is 0 Å². The van der Waals surface area contributed by atoms with Crippen LogP contribution in [0.4, 0.5) is 0 Å². The lowest BCUT2D eigenvalue weighted by Gasteiger charge is -2.26. The molecule has 2 heteroatoms. The fourth-order valence-corrected chi connectivity index (χ4v) is 2.73. The average Bonchev–Trinajstić information content (AvgIpc) is 2.86. The maximum Gasteiger partial charge on any atom is 0.0804 e. The molecule has 0 saturated heterocycles. The van der Waals surface area contributed by atoms with Gasteiger partial charge in [0, 0.05) is 0 Å². The fourth-order valence-electron chi connectivity index (χ4n) is 1.75. The molecule has 0 aromatic heterocycles. The van der Waals surface area contributed by atoms with E-state index in [9.17, 15) is 0 Å². The third-order valence-corrected chi connectivity index (χ3v) is 4.00. The highest BCUT2D eigenvalue weighted by Gasteiger charge is 2.40. The lowest BCUT2D eigenvalue weighted by Crippen LogP contribution is -2.24. The van der Waals surface area contributed by atoms with Gasteiger partial charge < -0.3 is 0 Å². The van der Waals surface area contributed by atoms with Crippen LogP contribution in [0.25, 0.3) is 0 Å². The van der Waals surface area contributed by atoms with E-state index in [0.29, 0.717) is 5.92 Å². The number of aliphatic imine (C=N–C) groups is 1. The summed E-state index contributed by atoms with van der Waals surface area (Å²) >= 11 is 1.79. The number of rotatable bonds is 2. The van der Waals surface area contributed by atoms with Crippen molar-refractivity contribution < 1.29 is 0 Å². The summed E-state index contributed by atoms with van der Waals surface area (Å²) in [7, 11) is 0. The van der Waals surface area contributed by atoms with Crippen LogP contribution < -0.4 is 0 Å². The normalized spacial score (nSPS) is 33.7. The van der Waals surface area contributed by atoms with Crippen molar-refractivity contribution in [2.45, 2.75) is 39.2 Å². The summed E-state index contributed by atoms with van der Waals surface area (Å²) in [6, 6.07) is 0. The van der Waals surface area contributed by atoms with Gasteiger partial charge in [0.25, 0.3) is 0 Å². The molecule has 0 N–H and O–H groups in total. The molecule has 2 aliphatic rings. The minimum Gasteiger partial charge on any atom is -0.275 e. The van der Waals surface area contributed by atoms with E-state index in [2.05, 4.69) is 31.8 Å². The second kappa shape index (κ2) is 3.16. The molecule has 1 unspecified atom stereocenters. The highest BCUT2D eigenvalue weighted by molar-refractivity contribution is 8.15. The zero-order valence-electron chi connectivity index (χ0n) is 8.58. The molecule has 0 radical (unpaired) electrons. The lowest BCUT2D eigenvalue weighted by molar-refractivity contribution is 0.510. The molecule has 0 spiro atoms. The van der Waals surface area contributed by atoms with Crippen molar-refractivity contribution in [1.29, 1.82) is 0 Å². The van der Waals surface area contributed by atoms with Crippen molar-refractivity contribution in [3.63, 3.8) is 0 Å². The van der Waals surface area contributed by atoms with Gasteiger partial charge in [-0.2, -0.15) is 0 Å². The van der Waals surface area contributed by atoms with Crippen LogP contribution in [0.5, 0.6) is 0 Å². The maximum absolute atomic E-state index is 4.62. The number of allylic oxidation sites excluding steroid dienone is 1. The Bertz CT molecular complexity index is 263. The fraction of sp³-hybridized carbons (Fsp3) is 0.727. The molecule has 1 heterocycles. The summed E-state index contributed by atoms with van der Waals surface area (Å²) in [5.41, 5.74) is 2.17. The molecule has 0 aromatic carbocycles. The van der Waals surface area contributed by atoms with Gasteiger partial charge in [-0.25, -0.2) is 0 Å². The Labute approximate surface area is 84.7 Å². The summed E-state index contributed by atoms with van der Waals surface area (Å²) in [6.45, 7) is 6.78. The largest absolute Gasteiger partial charge is 0.275 e. The van der Waals surface area contributed by atoms with Crippen LogP contribution in [0.3, 0.4) is 0 Å². The van der Waals surface area contributed by atoms with Crippen LogP contribution in [-0.2, 0) is 0 Å². The first-order chi connectivity index (χ1) is 6.12. The average molecular weight is 195 g/mol. The van der Waals surface area contributed by atoms with Gasteiger partial charge >= 0.3 is 0 Å². The number of nitrogens with zero attached hydrogens (tertiary/aromatic N) is 1. The van der Waals surface area contributed by atoms with Gasteiger partial charge in [-0.3, -0.25) is 4.99 Å². The molecule has 1 atom stereocenters. The monoisotopic (exact) mass is 195 g/mol. The first kappa shape index (κ1) is 9.32. The molecule has 0 bridgehead atoms. The van der Waals surface area contributed by atoms with Gasteiger partial charge in [0.05, 0.1) is 11.1 Å². The Morgan fingerprint density at radius 1 is 1.54 bits per heavy atom. The lowest BCUT2D eigenvalue weighted by atomic mass is 9.94. The first-order valence-electron chi connectivity index (χ1n) is 5.05. The van der Waals surface area contributed by atoms with Crippen molar-refractivity contribution in [2.75, 3.05) is 0 Å². The Balaban J connectivity index is 2.20. The Hall–Kier alpha value is -0.240. The van der Waals surface area contributed by atoms with Crippen molar-refractivity contribution in [3.8, 4) is 0 Å². The molecule has 1 saturated carbocycles. The molecule has 0 aromatic rings. The molecule has 1 fully saturated rings. The van der Waals surface area contributed by atoms with E-state index >= 15 is 0 Å². The summed E-state index contributed by atoms with van der Waals surface area (Å²) < 4.78 is 0. The molecule has 1 aliphatic carbocycles. The number of hydrogen-bond acceptors (Lipinski definition) is 2. The zero-order chi connectivity index (χ0) is 9.47. The van der Waals surface area contributed by atoms with Crippen molar-refractivity contribution in [2.24, 2.45) is 16.8 Å². The summed E-state index contributed by atoms with van der Waals surface area (Å²) in [5.74, 6) is 1.47. The van der Waals surface area contributed by atoms with E-state index in [1.165, 1.54) is 17.7 Å². The molecule has 72 valence electrons. The SMILES string of the molecule is CC(C)C1=CC(C)(C2CC2)N=CS1. The Morgan fingerprint density at radius 3 is 2.77 bits per heavy atom. The van der Waals surface area contributed by atoms with Crippen LogP contribution in [0, 0.1) is 11.8 Å². The molecular weight excluding hydrogens is 178 g/mol. The van der Waals surface area contributed by atoms with Gasteiger partial charge in [0.15, 0.2) is 0 Å². The van der Waals surface area contributed by atoms with E-state index in [0.717, 1.165) is 5.92 Å². The molecule has 2 rings (SSSR count). The van der Waals surface area contributed by atoms with Gasteiger partial charge in [0.2, 0.25) is 0 Å². The van der Waals surface area contributed by atoms with Crippen LogP contribution in [0.15, 0.2) is 16.0 Å². The first-order valence-corrected chi connectivity index (χ1v) is 5.93. The van der Waals surface area contributed by atoms with E-state index < -0.39 is 0 Å². The minimum absolute atomic E-state index is 0.130. The van der Waals surface area contributed by atoms with Crippen molar-refractivity contribution in [1.82, 2.24) is 0 Å². The molecule has 1 aliphatic heterocycles. The summed E-state index contributed by atoms with van der Waals surface area (Å²) in [6.07, 6.45) is 5.11. The molecule has 0 amide bonds. The molecule has 1 nitrogen and oxygen atoms in total. The minimum atomic E-state index is 0.130. The quantitative estimate of drug-likeness (QED) is 0.657. The predicted molar refractivity (Wildman–Crippen MR) is 60.1 cm³/mol. The van der Waals surface area contributed by atoms with Gasteiger partial charge in [0.1, 0.15) is 0 Å². The number of thioether (sulfide) groups is 1. The van der Waals surface area contributed by atoms with E-state index in [1.807, 2.05) is 5.55 Å². The van der Waals surface area contributed by atoms with Gasteiger partial charge in [-0.1, -0.05) is 25.6 Å². The Morgan fingerprint density at radius 2 is 2.23 bits per heavy atom. The molecule has 13 heavy (non-hydrogen) atoms. The summed E-state index contributed by atoms with van der Waals surface area (Å²) in [4.78, 5) is 6.11. The zero-order valence-corrected chi connectivity index (χ0v) is 9.40. The Kier molecular flexibility index (Phi) is 2.26. The molecular formula is C11H17NS. The second-order valence-electron chi connectivity index (χ2n) is 4.55. The highest BCUT2D eigenvalue weighted by atomic mass is 32.2.